The Labute approximate surface area is 113 Å². The van der Waals surface area contributed by atoms with Crippen molar-refractivity contribution in [3.05, 3.63) is 35.9 Å². The normalized spacial score (nSPS) is 12.6. The lowest BCUT2D eigenvalue weighted by molar-refractivity contribution is 0.512. The zero-order chi connectivity index (χ0) is 13.1. The summed E-state index contributed by atoms with van der Waals surface area (Å²) in [6, 6.07) is 11.1. The Morgan fingerprint density at radius 1 is 0.889 bits per heavy atom. The lowest BCUT2D eigenvalue weighted by atomic mass is 10.0. The molecule has 102 valence electrons. The van der Waals surface area contributed by atoms with Crippen molar-refractivity contribution in [1.82, 2.24) is 0 Å². The number of unbranched alkanes of at least 4 members (excludes halogenated alkanes) is 5. The fraction of sp³-hybridized carbons (Fsp3) is 0.647. The van der Waals surface area contributed by atoms with Crippen molar-refractivity contribution >= 4 is 0 Å². The Kier molecular flexibility index (Phi) is 8.58. The van der Waals surface area contributed by atoms with Crippen molar-refractivity contribution < 1.29 is 0 Å². The van der Waals surface area contributed by atoms with Crippen LogP contribution >= 0.6 is 0 Å². The van der Waals surface area contributed by atoms with Crippen molar-refractivity contribution in [2.24, 2.45) is 5.73 Å². The largest absolute Gasteiger partial charge is 0.328 e. The Morgan fingerprint density at radius 3 is 2.28 bits per heavy atom. The minimum Gasteiger partial charge on any atom is -0.328 e. The molecule has 0 radical (unpaired) electrons. The van der Waals surface area contributed by atoms with E-state index in [0.29, 0.717) is 6.04 Å². The van der Waals surface area contributed by atoms with E-state index in [1.165, 1.54) is 50.5 Å². The second kappa shape index (κ2) is 10.1. The van der Waals surface area contributed by atoms with E-state index in [9.17, 15) is 0 Å². The van der Waals surface area contributed by atoms with Gasteiger partial charge in [0.05, 0.1) is 0 Å². The number of benzene rings is 1. The highest BCUT2D eigenvalue weighted by molar-refractivity contribution is 5.14. The van der Waals surface area contributed by atoms with Crippen LogP contribution in [-0.2, 0) is 6.42 Å². The van der Waals surface area contributed by atoms with E-state index in [1.54, 1.807) is 0 Å². The van der Waals surface area contributed by atoms with Crippen LogP contribution in [0.5, 0.6) is 0 Å². The summed E-state index contributed by atoms with van der Waals surface area (Å²) in [5.74, 6) is 0. The van der Waals surface area contributed by atoms with Gasteiger partial charge in [-0.25, -0.2) is 0 Å². The molecule has 1 rings (SSSR count). The molecule has 1 unspecified atom stereocenters. The predicted octanol–water partition coefficient (Wildman–Crippen LogP) is 4.70. The van der Waals surface area contributed by atoms with Gasteiger partial charge < -0.3 is 5.73 Å². The molecular weight excluding hydrogens is 218 g/mol. The van der Waals surface area contributed by atoms with Crippen molar-refractivity contribution in [2.45, 2.75) is 70.8 Å². The molecule has 0 heterocycles. The standard InChI is InChI=1S/C17H29N/c1-2-3-4-5-6-10-13-17(18)15-14-16-11-8-7-9-12-16/h7-9,11-12,17H,2-6,10,13-15,18H2,1H3. The summed E-state index contributed by atoms with van der Waals surface area (Å²) in [4.78, 5) is 0. The monoisotopic (exact) mass is 247 g/mol. The van der Waals surface area contributed by atoms with Crippen LogP contribution in [-0.4, -0.2) is 6.04 Å². The van der Waals surface area contributed by atoms with Gasteiger partial charge in [-0.15, -0.1) is 0 Å². The molecule has 0 aromatic heterocycles. The van der Waals surface area contributed by atoms with E-state index in [0.717, 1.165) is 12.8 Å². The first-order chi connectivity index (χ1) is 8.83. The highest BCUT2D eigenvalue weighted by Gasteiger charge is 2.02. The second-order valence-electron chi connectivity index (χ2n) is 5.34. The van der Waals surface area contributed by atoms with Gasteiger partial charge >= 0.3 is 0 Å². The molecular formula is C17H29N. The van der Waals surface area contributed by atoms with Crippen LogP contribution in [0.1, 0.15) is 63.9 Å². The van der Waals surface area contributed by atoms with E-state index in [4.69, 9.17) is 5.73 Å². The Hall–Kier alpha value is -0.820. The molecule has 0 aliphatic carbocycles. The zero-order valence-corrected chi connectivity index (χ0v) is 11.9. The Bertz CT molecular complexity index is 281. The summed E-state index contributed by atoms with van der Waals surface area (Å²) in [6.45, 7) is 2.26. The summed E-state index contributed by atoms with van der Waals surface area (Å²) in [6.07, 6.45) is 11.6. The molecule has 0 amide bonds. The maximum Gasteiger partial charge on any atom is 0.00419 e. The summed E-state index contributed by atoms with van der Waals surface area (Å²) in [5, 5.41) is 0. The Morgan fingerprint density at radius 2 is 1.56 bits per heavy atom. The molecule has 2 N–H and O–H groups in total. The zero-order valence-electron chi connectivity index (χ0n) is 11.9. The molecule has 0 fully saturated rings. The third-order valence-corrected chi connectivity index (χ3v) is 3.58. The first-order valence-corrected chi connectivity index (χ1v) is 7.62. The molecule has 0 saturated heterocycles. The molecule has 1 atom stereocenters. The van der Waals surface area contributed by atoms with Crippen LogP contribution in [0, 0.1) is 0 Å². The summed E-state index contributed by atoms with van der Waals surface area (Å²) >= 11 is 0. The van der Waals surface area contributed by atoms with E-state index in [2.05, 4.69) is 37.3 Å². The second-order valence-corrected chi connectivity index (χ2v) is 5.34. The number of hydrogen-bond acceptors (Lipinski definition) is 1. The van der Waals surface area contributed by atoms with Crippen molar-refractivity contribution in [3.8, 4) is 0 Å². The van der Waals surface area contributed by atoms with Gasteiger partial charge in [0, 0.05) is 6.04 Å². The summed E-state index contributed by atoms with van der Waals surface area (Å²) in [5.41, 5.74) is 7.58. The van der Waals surface area contributed by atoms with E-state index in [-0.39, 0.29) is 0 Å². The summed E-state index contributed by atoms with van der Waals surface area (Å²) < 4.78 is 0. The third kappa shape index (κ3) is 7.50. The molecule has 0 saturated carbocycles. The van der Waals surface area contributed by atoms with Gasteiger partial charge in [0.15, 0.2) is 0 Å². The molecule has 0 aliphatic heterocycles. The number of rotatable bonds is 10. The van der Waals surface area contributed by atoms with Gasteiger partial charge in [-0.1, -0.05) is 75.8 Å². The van der Waals surface area contributed by atoms with Crippen molar-refractivity contribution in [1.29, 1.82) is 0 Å². The van der Waals surface area contributed by atoms with E-state index < -0.39 is 0 Å². The van der Waals surface area contributed by atoms with Crippen molar-refractivity contribution in [3.63, 3.8) is 0 Å². The van der Waals surface area contributed by atoms with Gasteiger partial charge in [0.2, 0.25) is 0 Å². The van der Waals surface area contributed by atoms with Gasteiger partial charge in [0.25, 0.3) is 0 Å². The summed E-state index contributed by atoms with van der Waals surface area (Å²) in [7, 11) is 0. The van der Waals surface area contributed by atoms with Crippen LogP contribution in [0.15, 0.2) is 30.3 Å². The van der Waals surface area contributed by atoms with Crippen LogP contribution in [0.3, 0.4) is 0 Å². The van der Waals surface area contributed by atoms with Crippen LogP contribution < -0.4 is 5.73 Å². The highest BCUT2D eigenvalue weighted by atomic mass is 14.6. The number of aryl methyl sites for hydroxylation is 1. The van der Waals surface area contributed by atoms with Gasteiger partial charge in [0.1, 0.15) is 0 Å². The maximum absolute atomic E-state index is 6.16. The van der Waals surface area contributed by atoms with Crippen LogP contribution in [0.2, 0.25) is 0 Å². The molecule has 0 bridgehead atoms. The third-order valence-electron chi connectivity index (χ3n) is 3.58. The fourth-order valence-electron chi connectivity index (χ4n) is 2.33. The molecule has 1 heteroatoms. The molecule has 1 aromatic carbocycles. The first-order valence-electron chi connectivity index (χ1n) is 7.62. The Balaban J connectivity index is 1.99. The fourth-order valence-corrected chi connectivity index (χ4v) is 2.33. The lowest BCUT2D eigenvalue weighted by Gasteiger charge is -2.11. The van der Waals surface area contributed by atoms with Crippen LogP contribution in [0.25, 0.3) is 0 Å². The molecule has 1 nitrogen and oxygen atoms in total. The van der Waals surface area contributed by atoms with Gasteiger partial charge in [-0.05, 0) is 24.8 Å². The average Bonchev–Trinajstić information content (AvgIpc) is 2.41. The smallest absolute Gasteiger partial charge is 0.00419 e. The first kappa shape index (κ1) is 15.2. The number of hydrogen-bond donors (Lipinski definition) is 1. The van der Waals surface area contributed by atoms with Gasteiger partial charge in [-0.3, -0.25) is 0 Å². The van der Waals surface area contributed by atoms with Crippen LogP contribution in [0.4, 0.5) is 0 Å². The molecule has 1 aromatic rings. The molecule has 0 spiro atoms. The quantitative estimate of drug-likeness (QED) is 0.596. The van der Waals surface area contributed by atoms with Crippen molar-refractivity contribution in [2.75, 3.05) is 0 Å². The minimum absolute atomic E-state index is 0.386. The molecule has 0 aliphatic rings. The van der Waals surface area contributed by atoms with Gasteiger partial charge in [-0.2, -0.15) is 0 Å². The SMILES string of the molecule is CCCCCCCCC(N)CCc1ccccc1. The maximum atomic E-state index is 6.16. The highest BCUT2D eigenvalue weighted by Crippen LogP contribution is 2.11. The predicted molar refractivity (Wildman–Crippen MR) is 80.7 cm³/mol. The average molecular weight is 247 g/mol. The number of nitrogens with two attached hydrogens (primary N) is 1. The van der Waals surface area contributed by atoms with E-state index in [1.807, 2.05) is 0 Å². The minimum atomic E-state index is 0.386. The van der Waals surface area contributed by atoms with E-state index >= 15 is 0 Å². The topological polar surface area (TPSA) is 26.0 Å². The lowest BCUT2D eigenvalue weighted by Crippen LogP contribution is -2.20. The molecule has 18 heavy (non-hydrogen) atoms.